The van der Waals surface area contributed by atoms with E-state index in [9.17, 15) is 13.6 Å². The second-order valence-corrected chi connectivity index (χ2v) is 10.2. The number of benzene rings is 2. The molecule has 0 aliphatic carbocycles. The van der Waals surface area contributed by atoms with Gasteiger partial charge in [0.2, 0.25) is 0 Å². The van der Waals surface area contributed by atoms with Gasteiger partial charge in [0, 0.05) is 55.4 Å². The van der Waals surface area contributed by atoms with E-state index < -0.39 is 12.0 Å². The van der Waals surface area contributed by atoms with Gasteiger partial charge < -0.3 is 11.1 Å². The van der Waals surface area contributed by atoms with Crippen LogP contribution in [-0.2, 0) is 6.54 Å². The number of nitrogens with zero attached hydrogens (tertiary/aromatic N) is 3. The van der Waals surface area contributed by atoms with E-state index in [1.54, 1.807) is 18.5 Å². The molecule has 4 aromatic rings. The van der Waals surface area contributed by atoms with Crippen molar-refractivity contribution in [3.05, 3.63) is 102 Å². The van der Waals surface area contributed by atoms with E-state index >= 15 is 0 Å². The van der Waals surface area contributed by atoms with Gasteiger partial charge in [-0.2, -0.15) is 0 Å². The molecule has 1 saturated heterocycles. The van der Waals surface area contributed by atoms with E-state index in [-0.39, 0.29) is 25.4 Å². The number of hydrogen-bond acceptors (Lipinski definition) is 5. The first-order valence-corrected chi connectivity index (χ1v) is 12.9. The number of halogens is 2. The number of aromatic nitrogens is 2. The molecular formula is C31H31F2N5O. The van der Waals surface area contributed by atoms with Crippen molar-refractivity contribution in [3.8, 4) is 22.3 Å². The van der Waals surface area contributed by atoms with Gasteiger partial charge in [0.1, 0.15) is 5.69 Å². The first kappa shape index (κ1) is 26.6. The first-order valence-electron chi connectivity index (χ1n) is 12.9. The normalized spacial score (nSPS) is 17.1. The van der Waals surface area contributed by atoms with Gasteiger partial charge in [-0.3, -0.25) is 19.7 Å². The van der Waals surface area contributed by atoms with Gasteiger partial charge in [-0.15, -0.1) is 0 Å². The van der Waals surface area contributed by atoms with E-state index in [0.717, 1.165) is 39.1 Å². The molecule has 1 atom stereocenters. The molecular weight excluding hydrogens is 496 g/mol. The highest BCUT2D eigenvalue weighted by molar-refractivity contribution is 6.04. The van der Waals surface area contributed by atoms with Gasteiger partial charge in [0.15, 0.2) is 0 Å². The molecule has 1 fully saturated rings. The van der Waals surface area contributed by atoms with Crippen molar-refractivity contribution >= 4 is 11.6 Å². The van der Waals surface area contributed by atoms with Crippen molar-refractivity contribution in [1.29, 1.82) is 0 Å². The zero-order valence-electron chi connectivity index (χ0n) is 22.0. The summed E-state index contributed by atoms with van der Waals surface area (Å²) in [4.78, 5) is 24.0. The number of nitrogens with one attached hydrogen (secondary N) is 1. The number of carbonyl (C=O) groups is 1. The standard InChI is InChI=1S/C31H31F2N5O/c1-20-16-36-28(15-27(20)23-6-4-3-5-7-23)30(39)37-26-13-22(18-38-11-10-31(32,33)29(34)19-38)12-25(14-26)24-9-8-21(2)35-17-24/h3-9,12-17,29H,10-11,18-19,34H2,1-2H3,(H,37,39)/t29-/m1/s1. The second-order valence-electron chi connectivity index (χ2n) is 10.2. The van der Waals surface area contributed by atoms with Gasteiger partial charge >= 0.3 is 0 Å². The summed E-state index contributed by atoms with van der Waals surface area (Å²) in [5.41, 5.74) is 13.1. The van der Waals surface area contributed by atoms with Crippen molar-refractivity contribution in [1.82, 2.24) is 14.9 Å². The molecule has 0 radical (unpaired) electrons. The quantitative estimate of drug-likeness (QED) is 0.329. The third-order valence-electron chi connectivity index (χ3n) is 7.08. The van der Waals surface area contributed by atoms with Crippen LogP contribution in [-0.4, -0.2) is 45.8 Å². The molecule has 0 bridgehead atoms. The maximum absolute atomic E-state index is 13.9. The van der Waals surface area contributed by atoms with Crippen LogP contribution < -0.4 is 11.1 Å². The van der Waals surface area contributed by atoms with Gasteiger partial charge in [-0.25, -0.2) is 8.78 Å². The highest BCUT2D eigenvalue weighted by Gasteiger charge is 2.41. The van der Waals surface area contributed by atoms with Crippen LogP contribution in [0.2, 0.25) is 0 Å². The molecule has 1 amide bonds. The van der Waals surface area contributed by atoms with E-state index in [1.165, 1.54) is 0 Å². The molecule has 200 valence electrons. The molecule has 2 aromatic heterocycles. The number of aryl methyl sites for hydroxylation is 2. The number of piperidine rings is 1. The summed E-state index contributed by atoms with van der Waals surface area (Å²) in [7, 11) is 0. The SMILES string of the molecule is Cc1ccc(-c2cc(CN3CCC(F)(F)[C@H](N)C3)cc(NC(=O)c3cc(-c4ccccc4)c(C)cn3)c2)cn1. The summed E-state index contributed by atoms with van der Waals surface area (Å²) in [6.45, 7) is 4.65. The van der Waals surface area contributed by atoms with Crippen LogP contribution in [0.25, 0.3) is 22.3 Å². The topological polar surface area (TPSA) is 84.1 Å². The number of carbonyl (C=O) groups excluding carboxylic acids is 1. The van der Waals surface area contributed by atoms with E-state index in [1.807, 2.05) is 79.4 Å². The maximum Gasteiger partial charge on any atom is 0.274 e. The molecule has 0 spiro atoms. The Hall–Kier alpha value is -4.01. The van der Waals surface area contributed by atoms with Crippen LogP contribution >= 0.6 is 0 Å². The van der Waals surface area contributed by atoms with Crippen molar-refractivity contribution < 1.29 is 13.6 Å². The summed E-state index contributed by atoms with van der Waals surface area (Å²) in [5.74, 6) is -3.19. The molecule has 2 aromatic carbocycles. The van der Waals surface area contributed by atoms with Crippen LogP contribution in [0.1, 0.15) is 33.7 Å². The highest BCUT2D eigenvalue weighted by Crippen LogP contribution is 2.30. The van der Waals surface area contributed by atoms with E-state index in [2.05, 4.69) is 15.3 Å². The summed E-state index contributed by atoms with van der Waals surface area (Å²) >= 11 is 0. The Morgan fingerprint density at radius 2 is 1.79 bits per heavy atom. The van der Waals surface area contributed by atoms with Crippen LogP contribution in [0.4, 0.5) is 14.5 Å². The Kier molecular flexibility index (Phi) is 7.50. The number of nitrogens with two attached hydrogens (primary N) is 1. The lowest BCUT2D eigenvalue weighted by molar-refractivity contribution is -0.0738. The lowest BCUT2D eigenvalue weighted by atomic mass is 9.99. The Bertz CT molecular complexity index is 1470. The molecule has 1 aliphatic heterocycles. The predicted molar refractivity (Wildman–Crippen MR) is 150 cm³/mol. The molecule has 1 aliphatic rings. The molecule has 6 nitrogen and oxygen atoms in total. The van der Waals surface area contributed by atoms with Crippen molar-refractivity contribution in [2.24, 2.45) is 5.73 Å². The first-order chi connectivity index (χ1) is 18.7. The molecule has 5 rings (SSSR count). The zero-order valence-corrected chi connectivity index (χ0v) is 22.0. The number of hydrogen-bond donors (Lipinski definition) is 2. The van der Waals surface area contributed by atoms with Gasteiger partial charge in [0.05, 0.1) is 6.04 Å². The lowest BCUT2D eigenvalue weighted by Gasteiger charge is -2.36. The number of anilines is 1. The Balaban J connectivity index is 1.43. The predicted octanol–water partition coefficient (Wildman–Crippen LogP) is 5.85. The van der Waals surface area contributed by atoms with Crippen LogP contribution in [0.5, 0.6) is 0 Å². The third kappa shape index (κ3) is 6.19. The number of alkyl halides is 2. The van der Waals surface area contributed by atoms with E-state index in [4.69, 9.17) is 5.73 Å². The molecule has 39 heavy (non-hydrogen) atoms. The van der Waals surface area contributed by atoms with Crippen molar-refractivity contribution in [3.63, 3.8) is 0 Å². The molecule has 8 heteroatoms. The highest BCUT2D eigenvalue weighted by atomic mass is 19.3. The average molecular weight is 528 g/mol. The van der Waals surface area contributed by atoms with E-state index in [0.29, 0.717) is 17.9 Å². The van der Waals surface area contributed by atoms with Gasteiger partial charge in [-0.05, 0) is 72.0 Å². The maximum atomic E-state index is 13.9. The zero-order chi connectivity index (χ0) is 27.6. The van der Waals surface area contributed by atoms with Crippen LogP contribution in [0.3, 0.4) is 0 Å². The smallest absolute Gasteiger partial charge is 0.274 e. The summed E-state index contributed by atoms with van der Waals surface area (Å²) in [6.07, 6.45) is 3.21. The number of rotatable bonds is 6. The summed E-state index contributed by atoms with van der Waals surface area (Å²) in [6, 6.07) is 20.1. The fourth-order valence-electron chi connectivity index (χ4n) is 4.83. The number of amides is 1. The Morgan fingerprint density at radius 3 is 2.51 bits per heavy atom. The largest absolute Gasteiger partial charge is 0.322 e. The molecule has 0 unspecified atom stereocenters. The van der Waals surface area contributed by atoms with Crippen LogP contribution in [0, 0.1) is 13.8 Å². The molecule has 3 heterocycles. The van der Waals surface area contributed by atoms with Gasteiger partial charge in [-0.1, -0.05) is 36.4 Å². The second kappa shape index (κ2) is 11.0. The monoisotopic (exact) mass is 527 g/mol. The minimum atomic E-state index is -2.86. The average Bonchev–Trinajstić information content (AvgIpc) is 2.92. The van der Waals surface area contributed by atoms with Crippen molar-refractivity contribution in [2.45, 2.75) is 38.8 Å². The van der Waals surface area contributed by atoms with Gasteiger partial charge in [0.25, 0.3) is 11.8 Å². The minimum absolute atomic E-state index is 0.0978. The summed E-state index contributed by atoms with van der Waals surface area (Å²) < 4.78 is 27.9. The fraction of sp³-hybridized carbons (Fsp3) is 0.258. The Labute approximate surface area is 226 Å². The summed E-state index contributed by atoms with van der Waals surface area (Å²) in [5, 5.41) is 2.99. The fourth-order valence-corrected chi connectivity index (χ4v) is 4.83. The number of likely N-dealkylation sites (tertiary alicyclic amines) is 1. The Morgan fingerprint density at radius 1 is 1.00 bits per heavy atom. The minimum Gasteiger partial charge on any atom is -0.322 e. The molecule has 3 N–H and O–H groups in total. The number of pyridine rings is 2. The van der Waals surface area contributed by atoms with Crippen molar-refractivity contribution in [2.75, 3.05) is 18.4 Å². The lowest BCUT2D eigenvalue weighted by Crippen LogP contribution is -2.54. The molecule has 0 saturated carbocycles. The van der Waals surface area contributed by atoms with Crippen LogP contribution in [0.15, 0.2) is 79.1 Å². The third-order valence-corrected chi connectivity index (χ3v) is 7.08.